The van der Waals surface area contributed by atoms with Crippen LogP contribution in [0.15, 0.2) is 48.5 Å². The molecule has 3 amide bonds. The number of rotatable bonds is 5. The molecule has 2 bridgehead atoms. The maximum atomic E-state index is 13.6. The van der Waals surface area contributed by atoms with Gasteiger partial charge in [0.25, 0.3) is 23.4 Å². The molecule has 2 saturated carbocycles. The van der Waals surface area contributed by atoms with E-state index in [1.54, 1.807) is 24.3 Å². The van der Waals surface area contributed by atoms with Crippen LogP contribution < -0.4 is 0 Å². The van der Waals surface area contributed by atoms with E-state index in [9.17, 15) is 24.5 Å². The highest BCUT2D eigenvalue weighted by molar-refractivity contribution is 9.12. The largest absolute Gasteiger partial charge is 0.273 e. The second-order valence-electron chi connectivity index (χ2n) is 8.79. The normalized spacial score (nSPS) is 29.4. The number of carbonyl (C=O) groups excluding carboxylic acids is 3. The molecular weight excluding hydrogens is 594 g/mol. The van der Waals surface area contributed by atoms with Crippen molar-refractivity contribution < 1.29 is 19.3 Å². The van der Waals surface area contributed by atoms with Crippen LogP contribution in [0.3, 0.4) is 0 Å². The summed E-state index contributed by atoms with van der Waals surface area (Å²) in [6.45, 7) is -0.0330. The van der Waals surface area contributed by atoms with Crippen LogP contribution in [0.5, 0.6) is 0 Å². The third kappa shape index (κ3) is 3.67. The summed E-state index contributed by atoms with van der Waals surface area (Å²) in [6, 6.07) is 11.9. The molecule has 1 aliphatic heterocycles. The summed E-state index contributed by atoms with van der Waals surface area (Å²) in [4.78, 5) is 51.3. The zero-order valence-corrected chi connectivity index (χ0v) is 21.4. The van der Waals surface area contributed by atoms with E-state index in [1.807, 2.05) is 0 Å². The Morgan fingerprint density at radius 1 is 1.00 bits per heavy atom. The predicted molar refractivity (Wildman–Crippen MR) is 130 cm³/mol. The van der Waals surface area contributed by atoms with Crippen molar-refractivity contribution in [1.82, 2.24) is 10.0 Å². The number of hydrazine groups is 1. The SMILES string of the molecule is O=C(c1ccc([N+](=O)[O-])cc1)N(Cc1ccc(Cl)cc1)N1C(=O)[C@@H]2[C@H]3C[C@@H]([C@H](Br)[C@H]3Br)[C@@H]2C1=O. The average Bonchev–Trinajstić information content (AvgIpc) is 3.43. The Morgan fingerprint density at radius 3 is 2.03 bits per heavy atom. The first-order valence-electron chi connectivity index (χ1n) is 10.7. The molecule has 1 heterocycles. The highest BCUT2D eigenvalue weighted by atomic mass is 79.9. The number of hydrogen-bond donors (Lipinski definition) is 0. The molecule has 0 N–H and O–H groups in total. The topological polar surface area (TPSA) is 101 Å². The number of hydrogen-bond acceptors (Lipinski definition) is 5. The van der Waals surface area contributed by atoms with Gasteiger partial charge in [0.2, 0.25) is 0 Å². The number of imide groups is 1. The minimum absolute atomic E-state index is 0.00711. The van der Waals surface area contributed by atoms with Gasteiger partial charge >= 0.3 is 0 Å². The molecule has 0 radical (unpaired) electrons. The molecule has 2 aromatic carbocycles. The van der Waals surface area contributed by atoms with Crippen LogP contribution in [0.4, 0.5) is 5.69 Å². The first kappa shape index (κ1) is 23.4. The fourth-order valence-electron chi connectivity index (χ4n) is 5.44. The van der Waals surface area contributed by atoms with E-state index in [4.69, 9.17) is 11.6 Å². The molecule has 34 heavy (non-hydrogen) atoms. The van der Waals surface area contributed by atoms with Crippen molar-refractivity contribution in [3.8, 4) is 0 Å². The van der Waals surface area contributed by atoms with Crippen LogP contribution >= 0.6 is 43.5 Å². The Morgan fingerprint density at radius 2 is 1.53 bits per heavy atom. The first-order chi connectivity index (χ1) is 16.2. The summed E-state index contributed by atoms with van der Waals surface area (Å²) in [5.41, 5.74) is 0.654. The molecule has 2 aliphatic carbocycles. The minimum atomic E-state index is -0.593. The molecule has 8 nitrogen and oxygen atoms in total. The van der Waals surface area contributed by atoms with Gasteiger partial charge in [-0.3, -0.25) is 24.5 Å². The molecule has 2 aromatic rings. The third-order valence-corrected chi connectivity index (χ3v) is 10.5. The predicted octanol–water partition coefficient (Wildman–Crippen LogP) is 4.58. The molecule has 0 spiro atoms. The standard InChI is InChI=1S/C23H18Br2ClN3O5/c24-19-15-9-16(20(19)25)18-17(15)22(31)28(23(18)32)27(10-11-1-5-13(26)6-2-11)21(30)12-3-7-14(8-4-12)29(33)34/h1-8,15-20H,9-10H2/t15-,16-,17-,18+,19+,20+/m1/s1. The number of fused-ring (bicyclic) bond motifs is 5. The fraction of sp³-hybridized carbons (Fsp3) is 0.348. The van der Waals surface area contributed by atoms with Crippen LogP contribution in [0, 0.1) is 33.8 Å². The van der Waals surface area contributed by atoms with Gasteiger partial charge in [-0.15, -0.1) is 0 Å². The molecule has 3 aliphatic rings. The van der Waals surface area contributed by atoms with Crippen LogP contribution in [0.1, 0.15) is 22.3 Å². The Kier molecular flexibility index (Phi) is 6.02. The summed E-state index contributed by atoms with van der Waals surface area (Å²) in [7, 11) is 0. The molecule has 0 aromatic heterocycles. The van der Waals surface area contributed by atoms with Crippen molar-refractivity contribution in [3.63, 3.8) is 0 Å². The molecule has 176 valence electrons. The van der Waals surface area contributed by atoms with E-state index in [-0.39, 0.29) is 51.1 Å². The van der Waals surface area contributed by atoms with Gasteiger partial charge in [0, 0.05) is 32.4 Å². The summed E-state index contributed by atoms with van der Waals surface area (Å²) in [5, 5.41) is 13.7. The van der Waals surface area contributed by atoms with Crippen molar-refractivity contribution >= 4 is 66.9 Å². The Bertz CT molecular complexity index is 1160. The zero-order chi connectivity index (χ0) is 24.3. The van der Waals surface area contributed by atoms with Crippen LogP contribution in [-0.2, 0) is 16.1 Å². The smallest absolute Gasteiger partial charge is 0.272 e. The highest BCUT2D eigenvalue weighted by Crippen LogP contribution is 2.60. The molecule has 6 atom stereocenters. The number of nitrogens with zero attached hydrogens (tertiary/aromatic N) is 3. The maximum absolute atomic E-state index is 13.6. The zero-order valence-electron chi connectivity index (χ0n) is 17.5. The lowest BCUT2D eigenvalue weighted by molar-refractivity contribution is -0.384. The highest BCUT2D eigenvalue weighted by Gasteiger charge is 2.67. The lowest BCUT2D eigenvalue weighted by Gasteiger charge is -2.31. The van der Waals surface area contributed by atoms with E-state index in [0.29, 0.717) is 10.6 Å². The van der Waals surface area contributed by atoms with Crippen LogP contribution in [-0.4, -0.2) is 42.3 Å². The van der Waals surface area contributed by atoms with Crippen LogP contribution in [0.25, 0.3) is 0 Å². The van der Waals surface area contributed by atoms with Crippen LogP contribution in [0.2, 0.25) is 5.02 Å². The van der Waals surface area contributed by atoms with Gasteiger partial charge in [-0.1, -0.05) is 55.6 Å². The molecular formula is C23H18Br2ClN3O5. The van der Waals surface area contributed by atoms with Gasteiger partial charge in [-0.25, -0.2) is 5.01 Å². The molecule has 1 saturated heterocycles. The fourth-order valence-corrected chi connectivity index (χ4v) is 7.44. The van der Waals surface area contributed by atoms with Gasteiger partial charge in [0.15, 0.2) is 0 Å². The van der Waals surface area contributed by atoms with E-state index in [2.05, 4.69) is 31.9 Å². The summed E-state index contributed by atoms with van der Waals surface area (Å²) < 4.78 is 0. The molecule has 11 heteroatoms. The van der Waals surface area contributed by atoms with Gasteiger partial charge in [-0.05, 0) is 48.1 Å². The van der Waals surface area contributed by atoms with Crippen molar-refractivity contribution in [2.45, 2.75) is 22.6 Å². The van der Waals surface area contributed by atoms with Crippen molar-refractivity contribution in [3.05, 3.63) is 74.8 Å². The number of carbonyl (C=O) groups is 3. The number of halogens is 3. The lowest BCUT2D eigenvalue weighted by atomic mass is 9.81. The number of non-ortho nitro benzene ring substituents is 1. The molecule has 5 rings (SSSR count). The number of benzene rings is 2. The Balaban J connectivity index is 1.51. The summed E-state index contributed by atoms with van der Waals surface area (Å²) in [5.74, 6) is -2.29. The van der Waals surface area contributed by atoms with E-state index in [0.717, 1.165) is 16.4 Å². The number of nitro benzene ring substituents is 1. The number of nitro groups is 1. The lowest BCUT2D eigenvalue weighted by Crippen LogP contribution is -2.50. The van der Waals surface area contributed by atoms with Crippen molar-refractivity contribution in [2.24, 2.45) is 23.7 Å². The van der Waals surface area contributed by atoms with E-state index < -0.39 is 22.7 Å². The third-order valence-electron chi connectivity index (χ3n) is 7.01. The molecule has 0 unspecified atom stereocenters. The second-order valence-corrected chi connectivity index (χ2v) is 11.3. The van der Waals surface area contributed by atoms with Crippen molar-refractivity contribution in [2.75, 3.05) is 0 Å². The van der Waals surface area contributed by atoms with Gasteiger partial charge in [0.1, 0.15) is 0 Å². The average molecular weight is 612 g/mol. The van der Waals surface area contributed by atoms with Gasteiger partial charge < -0.3 is 0 Å². The van der Waals surface area contributed by atoms with E-state index in [1.165, 1.54) is 24.3 Å². The number of alkyl halides is 2. The Labute approximate surface area is 216 Å². The van der Waals surface area contributed by atoms with Crippen molar-refractivity contribution in [1.29, 1.82) is 0 Å². The second kappa shape index (κ2) is 8.73. The van der Waals surface area contributed by atoms with E-state index >= 15 is 0 Å². The Hall–Kier alpha value is -2.30. The van der Waals surface area contributed by atoms with Gasteiger partial charge in [0.05, 0.1) is 23.3 Å². The maximum Gasteiger partial charge on any atom is 0.273 e. The summed E-state index contributed by atoms with van der Waals surface area (Å²) >= 11 is 13.3. The number of amides is 3. The quantitative estimate of drug-likeness (QED) is 0.213. The molecule has 3 fully saturated rings. The summed E-state index contributed by atoms with van der Waals surface area (Å²) in [6.07, 6.45) is 0.778. The monoisotopic (exact) mass is 609 g/mol. The minimum Gasteiger partial charge on any atom is -0.272 e. The first-order valence-corrected chi connectivity index (χ1v) is 12.9. The van der Waals surface area contributed by atoms with Gasteiger partial charge in [-0.2, -0.15) is 5.01 Å².